The molecule has 0 saturated heterocycles. The molecule has 0 atom stereocenters. The predicted octanol–water partition coefficient (Wildman–Crippen LogP) is 17.8. The molecule has 0 spiro atoms. The van der Waals surface area contributed by atoms with Crippen molar-refractivity contribution in [3.63, 3.8) is 0 Å². The zero-order valence-electron chi connectivity index (χ0n) is 40.5. The van der Waals surface area contributed by atoms with Gasteiger partial charge in [-0.1, -0.05) is 156 Å². The van der Waals surface area contributed by atoms with E-state index < -0.39 is 5.89 Å². The van der Waals surface area contributed by atoms with Crippen molar-refractivity contribution in [2.45, 2.75) is 71.6 Å². The van der Waals surface area contributed by atoms with Gasteiger partial charge in [0.15, 0.2) is 0 Å². The van der Waals surface area contributed by atoms with Crippen LogP contribution in [0.2, 0.25) is 0 Å². The lowest BCUT2D eigenvalue weighted by Crippen LogP contribution is -2.20. The van der Waals surface area contributed by atoms with Crippen LogP contribution in [0.5, 0.6) is 0 Å². The monoisotopic (exact) mass is 882 g/mol. The smallest absolute Gasteiger partial charge is 0.149 e. The molecule has 0 amide bonds. The third kappa shape index (κ3) is 7.40. The summed E-state index contributed by atoms with van der Waals surface area (Å²) in [6.45, 7) is 11.6. The first kappa shape index (κ1) is 40.7. The van der Waals surface area contributed by atoms with Crippen LogP contribution in [0.3, 0.4) is 0 Å². The van der Waals surface area contributed by atoms with Gasteiger partial charge in [0.2, 0.25) is 0 Å². The van der Waals surface area contributed by atoms with Crippen molar-refractivity contribution in [1.82, 2.24) is 14.5 Å². The molecule has 0 radical (unpaired) electrons. The van der Waals surface area contributed by atoms with Crippen LogP contribution in [-0.4, -0.2) is 14.5 Å². The van der Waals surface area contributed by atoms with Gasteiger partial charge in [0.05, 0.1) is 28.0 Å². The molecule has 8 aromatic carbocycles. The minimum Gasteiger partial charge on any atom is -0.455 e. The molecule has 4 nitrogen and oxygen atoms in total. The molecule has 68 heavy (non-hydrogen) atoms. The van der Waals surface area contributed by atoms with Gasteiger partial charge in [-0.3, -0.25) is 9.55 Å². The number of imidazole rings is 1. The van der Waals surface area contributed by atoms with Crippen molar-refractivity contribution in [1.29, 1.82) is 0 Å². The van der Waals surface area contributed by atoms with E-state index in [4.69, 9.17) is 14.4 Å². The Morgan fingerprint density at radius 2 is 1.28 bits per heavy atom. The van der Waals surface area contributed by atoms with E-state index in [1.54, 1.807) is 0 Å². The summed E-state index contributed by atoms with van der Waals surface area (Å²) < 4.78 is 19.0. The van der Waals surface area contributed by atoms with Gasteiger partial charge < -0.3 is 4.42 Å². The average molecular weight is 883 g/mol. The maximum absolute atomic E-state index is 9.43. The van der Waals surface area contributed by atoms with Crippen molar-refractivity contribution >= 4 is 43.7 Å². The average Bonchev–Trinajstić information content (AvgIpc) is 3.96. The Morgan fingerprint density at radius 3 is 2.07 bits per heavy atom. The van der Waals surface area contributed by atoms with Crippen LogP contribution in [0.4, 0.5) is 0 Å². The highest BCUT2D eigenvalue weighted by Crippen LogP contribution is 2.47. The largest absolute Gasteiger partial charge is 0.455 e. The van der Waals surface area contributed by atoms with Crippen LogP contribution in [0, 0.1) is 5.41 Å². The Bertz CT molecular complexity index is 3730. The first-order valence-corrected chi connectivity index (χ1v) is 24.1. The number of hydrogen-bond donors (Lipinski definition) is 0. The van der Waals surface area contributed by atoms with Gasteiger partial charge in [-0.25, -0.2) is 4.98 Å². The highest BCUT2D eigenvalue weighted by Gasteiger charge is 2.29. The van der Waals surface area contributed by atoms with Gasteiger partial charge in [-0.2, -0.15) is 0 Å². The van der Waals surface area contributed by atoms with Gasteiger partial charge in [-0.15, -0.1) is 0 Å². The Hall–Kier alpha value is -7.56. The van der Waals surface area contributed by atoms with Gasteiger partial charge in [-0.05, 0) is 158 Å². The normalized spacial score (nSPS) is 15.0. The molecule has 4 heteroatoms. The number of pyridine rings is 1. The van der Waals surface area contributed by atoms with E-state index in [-0.39, 0.29) is 5.41 Å². The van der Waals surface area contributed by atoms with Gasteiger partial charge in [0, 0.05) is 23.9 Å². The first-order chi connectivity index (χ1) is 33.4. The molecule has 1 aliphatic rings. The summed E-state index contributed by atoms with van der Waals surface area (Å²) in [6, 6.07) is 65.2. The SMILES string of the molecule is [2H]C1(c2ccc(-c3ccc4c(c3)oc3c(-c5nc6ccccc6n5-c5ccc(-c6ccccc6)cc5C(C)(C)C)cc5c(-c6cccc(-c7ccccn7)c6)cccc5c34)cc2)CCC(C)(C)CC1. The third-order valence-corrected chi connectivity index (χ3v) is 14.5. The van der Waals surface area contributed by atoms with Crippen molar-refractivity contribution < 1.29 is 5.79 Å². The molecular formula is C64H55N3O. The first-order valence-electron chi connectivity index (χ1n) is 24.6. The Labute approximate surface area is 400 Å². The molecule has 0 bridgehead atoms. The number of rotatable bonds is 7. The molecular weight excluding hydrogens is 827 g/mol. The van der Waals surface area contributed by atoms with E-state index in [9.17, 15) is 1.37 Å². The molecule has 0 N–H and O–H groups in total. The fourth-order valence-corrected chi connectivity index (χ4v) is 10.7. The zero-order valence-corrected chi connectivity index (χ0v) is 39.5. The fourth-order valence-electron chi connectivity index (χ4n) is 10.7. The topological polar surface area (TPSA) is 43.9 Å². The number of furan rings is 1. The molecule has 1 saturated carbocycles. The summed E-state index contributed by atoms with van der Waals surface area (Å²) >= 11 is 0. The molecule has 0 aliphatic heterocycles. The zero-order chi connectivity index (χ0) is 47.1. The fraction of sp³-hybridized carbons (Fsp3) is 0.188. The number of hydrogen-bond acceptors (Lipinski definition) is 3. The minimum atomic E-state index is -0.541. The number of para-hydroxylation sites is 2. The second kappa shape index (κ2) is 16.3. The lowest BCUT2D eigenvalue weighted by atomic mass is 9.71. The van der Waals surface area contributed by atoms with Crippen molar-refractivity contribution in [2.75, 3.05) is 0 Å². The highest BCUT2D eigenvalue weighted by molar-refractivity contribution is 6.24. The lowest BCUT2D eigenvalue weighted by molar-refractivity contribution is 0.224. The Morgan fingerprint density at radius 1 is 0.588 bits per heavy atom. The van der Waals surface area contributed by atoms with E-state index in [1.165, 1.54) is 16.7 Å². The maximum Gasteiger partial charge on any atom is 0.149 e. The number of benzene rings is 8. The van der Waals surface area contributed by atoms with Crippen molar-refractivity contribution in [3.05, 3.63) is 199 Å². The molecule has 1 aliphatic carbocycles. The minimum absolute atomic E-state index is 0.199. The van der Waals surface area contributed by atoms with Crippen LogP contribution < -0.4 is 0 Å². The number of aromatic nitrogens is 3. The lowest BCUT2D eigenvalue weighted by Gasteiger charge is -2.34. The molecule has 3 aromatic heterocycles. The number of nitrogens with zero attached hydrogens (tertiary/aromatic N) is 3. The maximum atomic E-state index is 9.43. The summed E-state index contributed by atoms with van der Waals surface area (Å²) in [5.41, 5.74) is 16.8. The summed E-state index contributed by atoms with van der Waals surface area (Å²) in [7, 11) is 0. The van der Waals surface area contributed by atoms with Crippen LogP contribution >= 0.6 is 0 Å². The second-order valence-corrected chi connectivity index (χ2v) is 20.6. The standard InChI is InChI=1S/C64H55N3O/c1-63(2,3)54-38-45(41-15-7-6-8-16-41)29-31-57(54)67-58-23-10-9-22-56(58)66-62(67)53-40-52-49(47-17-13-18-48(37-47)55-21-11-12-36-65-55)19-14-20-50(52)60-51-30-28-46(39-59(51)68-61(53)60)43-26-24-42(25-27-43)44-32-34-64(4,5)35-33-44/h6-31,36-40,44H,32-35H2,1-5H3/i44D. The van der Waals surface area contributed by atoms with E-state index in [0.717, 1.165) is 126 Å². The summed E-state index contributed by atoms with van der Waals surface area (Å²) in [5, 5.41) is 4.35. The Balaban J connectivity index is 1.09. The van der Waals surface area contributed by atoms with E-state index >= 15 is 0 Å². The predicted molar refractivity (Wildman–Crippen MR) is 285 cm³/mol. The molecule has 12 rings (SSSR count). The second-order valence-electron chi connectivity index (χ2n) is 20.6. The van der Waals surface area contributed by atoms with Crippen molar-refractivity contribution in [3.8, 4) is 61.7 Å². The van der Waals surface area contributed by atoms with Gasteiger partial charge >= 0.3 is 0 Å². The summed E-state index contributed by atoms with van der Waals surface area (Å²) in [4.78, 5) is 10.3. The van der Waals surface area contributed by atoms with Gasteiger partial charge in [0.1, 0.15) is 17.0 Å². The summed E-state index contributed by atoms with van der Waals surface area (Å²) in [6.07, 6.45) is 5.78. The Kier molecular flexibility index (Phi) is 9.78. The summed E-state index contributed by atoms with van der Waals surface area (Å²) in [5.74, 6) is 0.282. The molecule has 1 fully saturated rings. The highest BCUT2D eigenvalue weighted by atomic mass is 16.3. The molecule has 332 valence electrons. The molecule has 0 unspecified atom stereocenters. The van der Waals surface area contributed by atoms with Crippen molar-refractivity contribution in [2.24, 2.45) is 5.41 Å². The molecule has 3 heterocycles. The van der Waals surface area contributed by atoms with Crippen LogP contribution in [0.1, 0.15) is 78.7 Å². The quantitative estimate of drug-likeness (QED) is 0.160. The van der Waals surface area contributed by atoms with Crippen LogP contribution in [-0.2, 0) is 5.41 Å². The van der Waals surface area contributed by atoms with Crippen LogP contribution in [0.25, 0.3) is 105 Å². The van der Waals surface area contributed by atoms with Gasteiger partial charge in [0.25, 0.3) is 0 Å². The third-order valence-electron chi connectivity index (χ3n) is 14.5. The van der Waals surface area contributed by atoms with E-state index in [1.807, 2.05) is 18.3 Å². The molecule has 11 aromatic rings. The number of fused-ring (bicyclic) bond motifs is 6. The van der Waals surface area contributed by atoms with Crippen LogP contribution in [0.15, 0.2) is 193 Å². The van der Waals surface area contributed by atoms with E-state index in [2.05, 4.69) is 209 Å². The van der Waals surface area contributed by atoms with E-state index in [0.29, 0.717) is 5.41 Å².